The Balaban J connectivity index is 1.88. The molecule has 0 atom stereocenters. The molecular formula is C23H21NO2S. The molecule has 1 aromatic heterocycles. The summed E-state index contributed by atoms with van der Waals surface area (Å²) in [6.07, 6.45) is 4.48. The predicted molar refractivity (Wildman–Crippen MR) is 110 cm³/mol. The van der Waals surface area contributed by atoms with Crippen LogP contribution in [0, 0.1) is 6.92 Å². The zero-order valence-electron chi connectivity index (χ0n) is 15.3. The van der Waals surface area contributed by atoms with Gasteiger partial charge in [0.2, 0.25) is 0 Å². The first kappa shape index (κ1) is 16.6. The number of hydrogen-bond acceptors (Lipinski definition) is 2. The lowest BCUT2D eigenvalue weighted by Crippen LogP contribution is -2.13. The van der Waals surface area contributed by atoms with Crippen molar-refractivity contribution in [3.63, 3.8) is 0 Å². The minimum Gasteiger partial charge on any atom is -0.233 e. The van der Waals surface area contributed by atoms with Crippen LogP contribution < -0.4 is 0 Å². The van der Waals surface area contributed by atoms with Gasteiger partial charge in [0.1, 0.15) is 0 Å². The first-order valence-corrected chi connectivity index (χ1v) is 10.9. The summed E-state index contributed by atoms with van der Waals surface area (Å²) < 4.78 is 28.7. The van der Waals surface area contributed by atoms with Crippen molar-refractivity contribution in [1.29, 1.82) is 0 Å². The van der Waals surface area contributed by atoms with Gasteiger partial charge in [0.05, 0.1) is 15.9 Å². The molecule has 0 unspecified atom stereocenters. The van der Waals surface area contributed by atoms with Crippen LogP contribution in [0.1, 0.15) is 29.5 Å². The third-order valence-electron chi connectivity index (χ3n) is 5.65. The van der Waals surface area contributed by atoms with Crippen LogP contribution in [0.15, 0.2) is 65.6 Å². The topological polar surface area (TPSA) is 39.1 Å². The van der Waals surface area contributed by atoms with E-state index in [4.69, 9.17) is 0 Å². The van der Waals surface area contributed by atoms with E-state index in [-0.39, 0.29) is 0 Å². The highest BCUT2D eigenvalue weighted by Gasteiger charge is 2.24. The number of rotatable bonds is 2. The maximum absolute atomic E-state index is 13.6. The van der Waals surface area contributed by atoms with Gasteiger partial charge in [-0.05, 0) is 74.1 Å². The molecule has 0 bridgehead atoms. The second kappa shape index (κ2) is 5.96. The van der Waals surface area contributed by atoms with Crippen molar-refractivity contribution in [2.45, 2.75) is 37.5 Å². The Morgan fingerprint density at radius 1 is 0.778 bits per heavy atom. The van der Waals surface area contributed by atoms with Crippen molar-refractivity contribution in [1.82, 2.24) is 3.97 Å². The van der Waals surface area contributed by atoms with Crippen LogP contribution >= 0.6 is 0 Å². The van der Waals surface area contributed by atoms with Gasteiger partial charge in [0.25, 0.3) is 10.0 Å². The summed E-state index contributed by atoms with van der Waals surface area (Å²) in [6, 6.07) is 19.2. The third kappa shape index (κ3) is 2.51. The number of benzene rings is 3. The molecule has 1 heterocycles. The average Bonchev–Trinajstić information content (AvgIpc) is 3.00. The molecule has 0 aliphatic heterocycles. The van der Waals surface area contributed by atoms with E-state index in [9.17, 15) is 8.42 Å². The summed E-state index contributed by atoms with van der Waals surface area (Å²) in [5.74, 6) is 0. The van der Waals surface area contributed by atoms with Gasteiger partial charge < -0.3 is 0 Å². The molecule has 5 rings (SSSR count). The zero-order chi connectivity index (χ0) is 18.6. The van der Waals surface area contributed by atoms with E-state index in [1.807, 2.05) is 43.3 Å². The Hall–Kier alpha value is -2.59. The first-order chi connectivity index (χ1) is 13.1. The van der Waals surface area contributed by atoms with Gasteiger partial charge in [-0.15, -0.1) is 0 Å². The van der Waals surface area contributed by atoms with Gasteiger partial charge in [0.15, 0.2) is 0 Å². The second-order valence-electron chi connectivity index (χ2n) is 7.44. The summed E-state index contributed by atoms with van der Waals surface area (Å²) in [5.41, 5.74) is 5.24. The standard InChI is InChI=1S/C23H21NO2S/c1-16-10-12-19(13-11-16)27(25,26)24-22-9-5-4-8-20(22)21-14-17-6-2-3-7-18(17)15-23(21)24/h4-5,8-15H,2-3,6-7H2,1H3. The quantitative estimate of drug-likeness (QED) is 0.482. The summed E-state index contributed by atoms with van der Waals surface area (Å²) in [6.45, 7) is 1.96. The fourth-order valence-corrected chi connectivity index (χ4v) is 5.76. The molecule has 3 nitrogen and oxygen atoms in total. The summed E-state index contributed by atoms with van der Waals surface area (Å²) in [4.78, 5) is 0.327. The molecule has 0 fully saturated rings. The first-order valence-electron chi connectivity index (χ1n) is 9.43. The van der Waals surface area contributed by atoms with E-state index in [0.29, 0.717) is 4.90 Å². The predicted octanol–water partition coefficient (Wildman–Crippen LogP) is 5.22. The van der Waals surface area contributed by atoms with Crippen LogP contribution in [-0.4, -0.2) is 12.4 Å². The van der Waals surface area contributed by atoms with Gasteiger partial charge in [0, 0.05) is 10.8 Å². The van der Waals surface area contributed by atoms with Crippen molar-refractivity contribution in [3.8, 4) is 0 Å². The maximum Gasteiger partial charge on any atom is 0.268 e. The molecule has 3 aromatic carbocycles. The van der Waals surface area contributed by atoms with Gasteiger partial charge in [-0.1, -0.05) is 35.9 Å². The van der Waals surface area contributed by atoms with Crippen molar-refractivity contribution < 1.29 is 8.42 Å². The SMILES string of the molecule is Cc1ccc(S(=O)(=O)n2c3ccccc3c3cc4c(cc32)CCCC4)cc1. The normalized spacial score (nSPS) is 14.6. The number of hydrogen-bond donors (Lipinski definition) is 0. The second-order valence-corrected chi connectivity index (χ2v) is 9.23. The fraction of sp³-hybridized carbons (Fsp3) is 0.217. The molecule has 0 spiro atoms. The number of fused-ring (bicyclic) bond motifs is 4. The fourth-order valence-electron chi connectivity index (χ4n) is 4.24. The lowest BCUT2D eigenvalue weighted by molar-refractivity contribution is 0.590. The summed E-state index contributed by atoms with van der Waals surface area (Å²) in [7, 11) is -3.68. The van der Waals surface area contributed by atoms with Crippen molar-refractivity contribution >= 4 is 31.8 Å². The molecule has 0 saturated carbocycles. The Bertz CT molecular complexity index is 1280. The maximum atomic E-state index is 13.6. The van der Waals surface area contributed by atoms with E-state index in [0.717, 1.165) is 40.2 Å². The number of aromatic nitrogens is 1. The Labute approximate surface area is 159 Å². The molecule has 27 heavy (non-hydrogen) atoms. The molecule has 0 radical (unpaired) electrons. The number of nitrogens with zero attached hydrogens (tertiary/aromatic N) is 1. The summed E-state index contributed by atoms with van der Waals surface area (Å²) in [5, 5.41) is 2.03. The zero-order valence-corrected chi connectivity index (χ0v) is 16.1. The molecule has 1 aliphatic carbocycles. The van der Waals surface area contributed by atoms with Crippen LogP contribution in [0.3, 0.4) is 0 Å². The lowest BCUT2D eigenvalue weighted by Gasteiger charge is -2.16. The minimum atomic E-state index is -3.68. The number of aryl methyl sites for hydroxylation is 3. The molecular weight excluding hydrogens is 354 g/mol. The Kier molecular flexibility index (Phi) is 3.66. The minimum absolute atomic E-state index is 0.327. The van der Waals surface area contributed by atoms with Gasteiger partial charge in [-0.3, -0.25) is 0 Å². The van der Waals surface area contributed by atoms with Crippen LogP contribution in [0.25, 0.3) is 21.8 Å². The molecule has 0 N–H and O–H groups in total. The molecule has 4 aromatic rings. The van der Waals surface area contributed by atoms with Crippen molar-refractivity contribution in [3.05, 3.63) is 77.4 Å². The van der Waals surface area contributed by atoms with Crippen molar-refractivity contribution in [2.75, 3.05) is 0 Å². The van der Waals surface area contributed by atoms with E-state index >= 15 is 0 Å². The smallest absolute Gasteiger partial charge is 0.233 e. The van der Waals surface area contributed by atoms with Crippen LogP contribution in [0.4, 0.5) is 0 Å². The molecule has 0 saturated heterocycles. The average molecular weight is 375 g/mol. The molecule has 1 aliphatic rings. The lowest BCUT2D eigenvalue weighted by atomic mass is 9.90. The van der Waals surface area contributed by atoms with E-state index in [1.165, 1.54) is 27.9 Å². The van der Waals surface area contributed by atoms with E-state index in [2.05, 4.69) is 12.1 Å². The highest BCUT2D eigenvalue weighted by molar-refractivity contribution is 7.90. The third-order valence-corrected chi connectivity index (χ3v) is 7.39. The highest BCUT2D eigenvalue weighted by Crippen LogP contribution is 2.36. The van der Waals surface area contributed by atoms with Gasteiger partial charge in [-0.2, -0.15) is 0 Å². The Morgan fingerprint density at radius 2 is 1.44 bits per heavy atom. The van der Waals surface area contributed by atoms with Crippen LogP contribution in [0.2, 0.25) is 0 Å². The Morgan fingerprint density at radius 3 is 2.19 bits per heavy atom. The monoisotopic (exact) mass is 375 g/mol. The van der Waals surface area contributed by atoms with E-state index < -0.39 is 10.0 Å². The van der Waals surface area contributed by atoms with Crippen molar-refractivity contribution in [2.24, 2.45) is 0 Å². The molecule has 136 valence electrons. The summed E-state index contributed by atoms with van der Waals surface area (Å²) >= 11 is 0. The largest absolute Gasteiger partial charge is 0.268 e. The highest BCUT2D eigenvalue weighted by atomic mass is 32.2. The van der Waals surface area contributed by atoms with Gasteiger partial charge in [-0.25, -0.2) is 12.4 Å². The van der Waals surface area contributed by atoms with Gasteiger partial charge >= 0.3 is 0 Å². The van der Waals surface area contributed by atoms with Crippen LogP contribution in [0.5, 0.6) is 0 Å². The molecule has 4 heteroatoms. The van der Waals surface area contributed by atoms with Crippen LogP contribution in [-0.2, 0) is 22.9 Å². The number of para-hydroxylation sites is 1. The molecule has 0 amide bonds. The van der Waals surface area contributed by atoms with E-state index in [1.54, 1.807) is 12.1 Å².